The van der Waals surface area contributed by atoms with E-state index in [1.807, 2.05) is 0 Å². The third-order valence-electron chi connectivity index (χ3n) is 3.85. The molecule has 0 heterocycles. The van der Waals surface area contributed by atoms with E-state index in [1.54, 1.807) is 13.8 Å². The lowest BCUT2D eigenvalue weighted by atomic mass is 9.95. The van der Waals surface area contributed by atoms with Crippen LogP contribution in [0.1, 0.15) is 13.8 Å². The first-order valence-electron chi connectivity index (χ1n) is 8.13. The largest absolute Gasteiger partial charge is 0.242 e. The maximum atomic E-state index is 12.5. The fourth-order valence-electron chi connectivity index (χ4n) is 2.17. The van der Waals surface area contributed by atoms with Gasteiger partial charge in [0.15, 0.2) is 0 Å². The molecule has 2 aromatic carbocycles. The summed E-state index contributed by atoms with van der Waals surface area (Å²) in [5.41, 5.74) is -0.782. The molecule has 0 atom stereocenters. The van der Waals surface area contributed by atoms with Crippen LogP contribution in [0.5, 0.6) is 0 Å². The van der Waals surface area contributed by atoms with E-state index in [2.05, 4.69) is 9.44 Å². The molecule has 0 bridgehead atoms. The van der Waals surface area contributed by atoms with E-state index in [0.717, 1.165) is 0 Å². The zero-order valence-corrected chi connectivity index (χ0v) is 20.0. The van der Waals surface area contributed by atoms with Gasteiger partial charge >= 0.3 is 0 Å². The first-order valence-corrected chi connectivity index (χ1v) is 12.6. The summed E-state index contributed by atoms with van der Waals surface area (Å²) in [6, 6.07) is 8.19. The third kappa shape index (κ3) is 6.70. The monoisotopic (exact) mass is 518 g/mol. The Bertz CT molecular complexity index is 1030. The highest BCUT2D eigenvalue weighted by Gasteiger charge is 2.27. The van der Waals surface area contributed by atoms with E-state index in [9.17, 15) is 16.8 Å². The van der Waals surface area contributed by atoms with Gasteiger partial charge < -0.3 is 0 Å². The van der Waals surface area contributed by atoms with Gasteiger partial charge in [0.2, 0.25) is 20.0 Å². The van der Waals surface area contributed by atoms with Gasteiger partial charge in [0.1, 0.15) is 9.79 Å². The van der Waals surface area contributed by atoms with Gasteiger partial charge in [-0.1, -0.05) is 60.3 Å². The molecule has 0 amide bonds. The van der Waals surface area contributed by atoms with E-state index in [4.69, 9.17) is 46.4 Å². The summed E-state index contributed by atoms with van der Waals surface area (Å²) in [7, 11) is -7.89. The van der Waals surface area contributed by atoms with Crippen LogP contribution in [0.15, 0.2) is 46.2 Å². The Hall–Kier alpha value is -0.580. The predicted octanol–water partition coefficient (Wildman–Crippen LogP) is 4.58. The fraction of sp³-hybridized carbons (Fsp3) is 0.294. The Kier molecular flexibility index (Phi) is 7.90. The van der Waals surface area contributed by atoms with Crippen LogP contribution >= 0.6 is 46.4 Å². The molecule has 0 unspecified atom stereocenters. The molecule has 12 heteroatoms. The fourth-order valence-corrected chi connectivity index (χ4v) is 6.17. The number of halogens is 4. The molecular formula is C17H18Cl4N2O4S2. The SMILES string of the molecule is CC(C)(CNS(=O)(=O)c1cc(Cl)ccc1Cl)CNS(=O)(=O)c1cc(Cl)ccc1Cl. The molecule has 2 rings (SSSR count). The Labute approximate surface area is 190 Å². The van der Waals surface area contributed by atoms with E-state index >= 15 is 0 Å². The predicted molar refractivity (Wildman–Crippen MR) is 117 cm³/mol. The molecular weight excluding hydrogens is 502 g/mol. The lowest BCUT2D eigenvalue weighted by molar-refractivity contribution is 0.361. The lowest BCUT2D eigenvalue weighted by Gasteiger charge is -2.25. The zero-order chi connectivity index (χ0) is 22.0. The molecule has 0 saturated heterocycles. The molecule has 0 aliphatic carbocycles. The molecule has 2 aromatic rings. The minimum atomic E-state index is -3.95. The van der Waals surface area contributed by atoms with Crippen LogP contribution in [0.3, 0.4) is 0 Å². The number of hydrogen-bond acceptors (Lipinski definition) is 4. The summed E-state index contributed by atoms with van der Waals surface area (Å²) in [4.78, 5) is -0.317. The zero-order valence-electron chi connectivity index (χ0n) is 15.3. The third-order valence-corrected chi connectivity index (χ3v) is 8.08. The Balaban J connectivity index is 2.10. The van der Waals surface area contributed by atoms with Gasteiger partial charge in [-0.05, 0) is 41.8 Å². The topological polar surface area (TPSA) is 92.3 Å². The molecule has 29 heavy (non-hydrogen) atoms. The summed E-state index contributed by atoms with van der Waals surface area (Å²) in [6.45, 7) is 3.25. The van der Waals surface area contributed by atoms with Crippen LogP contribution in [0.25, 0.3) is 0 Å². The van der Waals surface area contributed by atoms with Crippen molar-refractivity contribution in [2.45, 2.75) is 23.6 Å². The molecule has 0 aliphatic rings. The quantitative estimate of drug-likeness (QED) is 0.533. The number of rotatable bonds is 8. The smallest absolute Gasteiger partial charge is 0.211 e. The Morgan fingerprint density at radius 2 is 1.07 bits per heavy atom. The van der Waals surface area contributed by atoms with Crippen molar-refractivity contribution in [2.75, 3.05) is 13.1 Å². The summed E-state index contributed by atoms with van der Waals surface area (Å²) < 4.78 is 55.0. The number of nitrogens with one attached hydrogen (secondary N) is 2. The first-order chi connectivity index (χ1) is 13.2. The highest BCUT2D eigenvalue weighted by molar-refractivity contribution is 7.90. The van der Waals surface area contributed by atoms with Crippen LogP contribution in [0.2, 0.25) is 20.1 Å². The molecule has 0 spiro atoms. The molecule has 160 valence electrons. The maximum Gasteiger partial charge on any atom is 0.242 e. The average Bonchev–Trinajstić information content (AvgIpc) is 2.63. The van der Waals surface area contributed by atoms with Crippen molar-refractivity contribution >= 4 is 66.5 Å². The molecule has 0 aliphatic heterocycles. The summed E-state index contributed by atoms with van der Waals surface area (Å²) in [5, 5.41) is 0.493. The second kappa shape index (κ2) is 9.28. The normalized spacial score (nSPS) is 12.9. The Morgan fingerprint density at radius 1 is 0.724 bits per heavy atom. The summed E-state index contributed by atoms with van der Waals surface area (Å²) >= 11 is 23.6. The first kappa shape index (κ1) is 24.7. The van der Waals surface area contributed by atoms with Crippen molar-refractivity contribution in [3.05, 3.63) is 56.5 Å². The van der Waals surface area contributed by atoms with Crippen molar-refractivity contribution in [3.8, 4) is 0 Å². The van der Waals surface area contributed by atoms with E-state index in [0.29, 0.717) is 0 Å². The van der Waals surface area contributed by atoms with Crippen LogP contribution in [-0.4, -0.2) is 29.9 Å². The van der Waals surface area contributed by atoms with Crippen LogP contribution in [0.4, 0.5) is 0 Å². The van der Waals surface area contributed by atoms with Gasteiger partial charge in [-0.25, -0.2) is 26.3 Å². The minimum Gasteiger partial charge on any atom is -0.211 e. The molecule has 0 saturated carbocycles. The van der Waals surface area contributed by atoms with Crippen molar-refractivity contribution < 1.29 is 16.8 Å². The standard InChI is InChI=1S/C17H18Cl4N2O4S2/c1-17(2,9-22-28(24,25)15-7-11(18)3-5-13(15)20)10-23-29(26,27)16-8-12(19)4-6-14(16)21/h3-8,22-23H,9-10H2,1-2H3. The van der Waals surface area contributed by atoms with Crippen LogP contribution in [0, 0.1) is 5.41 Å². The molecule has 0 aromatic heterocycles. The summed E-state index contributed by atoms with van der Waals surface area (Å²) in [5.74, 6) is 0. The van der Waals surface area contributed by atoms with Gasteiger partial charge in [-0.15, -0.1) is 0 Å². The van der Waals surface area contributed by atoms with Crippen molar-refractivity contribution in [1.82, 2.24) is 9.44 Å². The number of sulfonamides is 2. The second-order valence-corrected chi connectivity index (χ2v) is 12.1. The van der Waals surface area contributed by atoms with E-state index in [1.165, 1.54) is 36.4 Å². The average molecular weight is 520 g/mol. The highest BCUT2D eigenvalue weighted by atomic mass is 35.5. The van der Waals surface area contributed by atoms with Gasteiger partial charge in [0.05, 0.1) is 10.0 Å². The maximum absolute atomic E-state index is 12.5. The lowest BCUT2D eigenvalue weighted by Crippen LogP contribution is -2.42. The Morgan fingerprint density at radius 3 is 1.41 bits per heavy atom. The molecule has 0 radical (unpaired) electrons. The molecule has 6 nitrogen and oxygen atoms in total. The number of benzene rings is 2. The minimum absolute atomic E-state index is 0.0241. The van der Waals surface area contributed by atoms with Gasteiger partial charge in [-0.2, -0.15) is 0 Å². The van der Waals surface area contributed by atoms with Crippen molar-refractivity contribution in [2.24, 2.45) is 5.41 Å². The summed E-state index contributed by atoms with van der Waals surface area (Å²) in [6.07, 6.45) is 0. The van der Waals surface area contributed by atoms with E-state index < -0.39 is 25.5 Å². The van der Waals surface area contributed by atoms with Crippen LogP contribution < -0.4 is 9.44 Å². The molecule has 0 fully saturated rings. The second-order valence-electron chi connectivity index (χ2n) is 6.96. The van der Waals surface area contributed by atoms with Gasteiger partial charge in [0.25, 0.3) is 0 Å². The van der Waals surface area contributed by atoms with Crippen molar-refractivity contribution in [3.63, 3.8) is 0 Å². The molecule has 2 N–H and O–H groups in total. The number of hydrogen-bond donors (Lipinski definition) is 2. The van der Waals surface area contributed by atoms with Gasteiger partial charge in [-0.3, -0.25) is 0 Å². The van der Waals surface area contributed by atoms with Gasteiger partial charge in [0, 0.05) is 23.1 Å². The highest BCUT2D eigenvalue weighted by Crippen LogP contribution is 2.27. The van der Waals surface area contributed by atoms with Crippen molar-refractivity contribution in [1.29, 1.82) is 0 Å². The van der Waals surface area contributed by atoms with E-state index in [-0.39, 0.29) is 43.0 Å². The van der Waals surface area contributed by atoms with Crippen LogP contribution in [-0.2, 0) is 20.0 Å².